The molecule has 1 unspecified atom stereocenters. The molecule has 0 aliphatic heterocycles. The van der Waals surface area contributed by atoms with E-state index in [9.17, 15) is 5.26 Å². The molecule has 1 rings (SSSR count). The molecule has 1 aromatic rings. The normalized spacial score (nSPS) is 14.4. The lowest BCUT2D eigenvalue weighted by molar-refractivity contribution is 0.257. The van der Waals surface area contributed by atoms with E-state index in [1.807, 2.05) is 30.3 Å². The third-order valence-corrected chi connectivity index (χ3v) is 2.86. The molecule has 0 aliphatic carbocycles. The predicted octanol–water partition coefficient (Wildman–Crippen LogP) is 1.71. The second-order valence-electron chi connectivity index (χ2n) is 3.91. The molecule has 16 heavy (non-hydrogen) atoms. The van der Waals surface area contributed by atoms with Crippen LogP contribution in [0.15, 0.2) is 30.3 Å². The van der Waals surface area contributed by atoms with Crippen molar-refractivity contribution in [2.75, 3.05) is 19.6 Å². The summed E-state index contributed by atoms with van der Waals surface area (Å²) in [6.45, 7) is 6.53. The Morgan fingerprint density at radius 1 is 1.25 bits per heavy atom. The largest absolute Gasteiger partial charge is 0.309 e. The number of hydrogen-bond donors (Lipinski definition) is 1. The van der Waals surface area contributed by atoms with E-state index in [4.69, 9.17) is 5.73 Å². The van der Waals surface area contributed by atoms with Gasteiger partial charge >= 0.3 is 0 Å². The Labute approximate surface area is 97.5 Å². The maximum absolute atomic E-state index is 9.28. The number of benzene rings is 1. The summed E-state index contributed by atoms with van der Waals surface area (Å²) in [6, 6.07) is 11.8. The van der Waals surface area contributed by atoms with Crippen molar-refractivity contribution < 1.29 is 0 Å². The highest BCUT2D eigenvalue weighted by atomic mass is 15.1. The molecular formula is C13H19N3. The van der Waals surface area contributed by atoms with E-state index in [0.717, 1.165) is 18.7 Å². The van der Waals surface area contributed by atoms with E-state index in [-0.39, 0.29) is 0 Å². The quantitative estimate of drug-likeness (QED) is 0.816. The van der Waals surface area contributed by atoms with Gasteiger partial charge in [-0.05, 0) is 18.7 Å². The maximum Gasteiger partial charge on any atom is 0.142 e. The third kappa shape index (κ3) is 2.82. The Hall–Kier alpha value is -1.37. The average Bonchev–Trinajstić information content (AvgIpc) is 2.36. The van der Waals surface area contributed by atoms with Crippen LogP contribution >= 0.6 is 0 Å². The van der Waals surface area contributed by atoms with Gasteiger partial charge in [0.1, 0.15) is 5.54 Å². The number of nitrogens with zero attached hydrogens (tertiary/aromatic N) is 2. The first-order chi connectivity index (χ1) is 7.66. The molecule has 0 bridgehead atoms. The lowest BCUT2D eigenvalue weighted by Crippen LogP contribution is -2.46. The molecule has 0 heterocycles. The van der Waals surface area contributed by atoms with Crippen LogP contribution in [0.3, 0.4) is 0 Å². The molecule has 3 heteroatoms. The predicted molar refractivity (Wildman–Crippen MR) is 65.7 cm³/mol. The van der Waals surface area contributed by atoms with Crippen molar-refractivity contribution in [1.82, 2.24) is 4.90 Å². The van der Waals surface area contributed by atoms with Gasteiger partial charge in [-0.2, -0.15) is 5.26 Å². The molecule has 0 saturated heterocycles. The number of nitriles is 1. The van der Waals surface area contributed by atoms with Crippen LogP contribution in [-0.4, -0.2) is 24.5 Å². The fraction of sp³-hybridized carbons (Fsp3) is 0.462. The van der Waals surface area contributed by atoms with Crippen molar-refractivity contribution in [3.05, 3.63) is 35.9 Å². The van der Waals surface area contributed by atoms with E-state index >= 15 is 0 Å². The second kappa shape index (κ2) is 5.64. The van der Waals surface area contributed by atoms with Crippen LogP contribution < -0.4 is 5.73 Å². The van der Waals surface area contributed by atoms with Gasteiger partial charge < -0.3 is 10.6 Å². The van der Waals surface area contributed by atoms with Gasteiger partial charge in [-0.15, -0.1) is 0 Å². The minimum Gasteiger partial charge on any atom is -0.309 e. The lowest BCUT2D eigenvalue weighted by Gasteiger charge is -2.29. The van der Waals surface area contributed by atoms with Gasteiger partial charge in [0.2, 0.25) is 0 Å². The van der Waals surface area contributed by atoms with E-state index in [0.29, 0.717) is 6.54 Å². The Morgan fingerprint density at radius 2 is 1.81 bits per heavy atom. The van der Waals surface area contributed by atoms with Gasteiger partial charge in [-0.1, -0.05) is 44.2 Å². The molecule has 0 aromatic heterocycles. The molecule has 86 valence electrons. The van der Waals surface area contributed by atoms with Crippen molar-refractivity contribution >= 4 is 0 Å². The highest BCUT2D eigenvalue weighted by Gasteiger charge is 2.28. The van der Waals surface area contributed by atoms with Crippen LogP contribution in [0.2, 0.25) is 0 Å². The summed E-state index contributed by atoms with van der Waals surface area (Å²) in [5.41, 5.74) is 6.14. The highest BCUT2D eigenvalue weighted by Crippen LogP contribution is 2.18. The fourth-order valence-electron chi connectivity index (χ4n) is 1.73. The van der Waals surface area contributed by atoms with Crippen molar-refractivity contribution in [2.45, 2.75) is 19.4 Å². The summed E-state index contributed by atoms with van der Waals surface area (Å²) in [7, 11) is 0. The summed E-state index contributed by atoms with van der Waals surface area (Å²) in [5.74, 6) is 0. The number of hydrogen-bond acceptors (Lipinski definition) is 3. The van der Waals surface area contributed by atoms with Gasteiger partial charge in [0.25, 0.3) is 0 Å². The van der Waals surface area contributed by atoms with E-state index < -0.39 is 5.54 Å². The Balaban J connectivity index is 2.91. The monoisotopic (exact) mass is 217 g/mol. The molecule has 0 saturated carbocycles. The Kier molecular flexibility index (Phi) is 4.48. The Morgan fingerprint density at radius 3 is 2.25 bits per heavy atom. The maximum atomic E-state index is 9.28. The third-order valence-electron chi connectivity index (χ3n) is 2.86. The first-order valence-corrected chi connectivity index (χ1v) is 5.64. The first-order valence-electron chi connectivity index (χ1n) is 5.64. The van der Waals surface area contributed by atoms with Crippen molar-refractivity contribution in [3.8, 4) is 6.07 Å². The van der Waals surface area contributed by atoms with Crippen molar-refractivity contribution in [1.29, 1.82) is 5.26 Å². The van der Waals surface area contributed by atoms with E-state index in [1.165, 1.54) is 0 Å². The molecule has 0 aliphatic rings. The number of likely N-dealkylation sites (N-methyl/N-ethyl adjacent to an activating group) is 1. The van der Waals surface area contributed by atoms with Crippen molar-refractivity contribution in [3.63, 3.8) is 0 Å². The van der Waals surface area contributed by atoms with E-state index in [1.54, 1.807) is 0 Å². The molecule has 1 atom stereocenters. The fourth-order valence-corrected chi connectivity index (χ4v) is 1.73. The van der Waals surface area contributed by atoms with E-state index in [2.05, 4.69) is 24.8 Å². The zero-order valence-corrected chi connectivity index (χ0v) is 9.98. The average molecular weight is 217 g/mol. The number of nitrogens with two attached hydrogens (primary N) is 1. The molecule has 0 spiro atoms. The van der Waals surface area contributed by atoms with Gasteiger partial charge in [0, 0.05) is 6.54 Å². The molecule has 2 N–H and O–H groups in total. The molecule has 3 nitrogen and oxygen atoms in total. The second-order valence-corrected chi connectivity index (χ2v) is 3.91. The molecule has 0 amide bonds. The molecule has 1 aromatic carbocycles. The first kappa shape index (κ1) is 12.7. The van der Waals surface area contributed by atoms with Gasteiger partial charge in [-0.3, -0.25) is 0 Å². The summed E-state index contributed by atoms with van der Waals surface area (Å²) in [4.78, 5) is 2.16. The van der Waals surface area contributed by atoms with Gasteiger partial charge in [-0.25, -0.2) is 0 Å². The van der Waals surface area contributed by atoms with Crippen LogP contribution in [0.1, 0.15) is 19.4 Å². The minimum atomic E-state index is -0.909. The lowest BCUT2D eigenvalue weighted by atomic mass is 9.92. The van der Waals surface area contributed by atoms with Crippen LogP contribution in [-0.2, 0) is 5.54 Å². The zero-order valence-electron chi connectivity index (χ0n) is 9.98. The molecule has 0 fully saturated rings. The summed E-state index contributed by atoms with van der Waals surface area (Å²) in [5, 5.41) is 9.28. The topological polar surface area (TPSA) is 53.0 Å². The van der Waals surface area contributed by atoms with Gasteiger partial charge in [0.15, 0.2) is 0 Å². The standard InChI is InChI=1S/C13H19N3/c1-3-16(4-2)11-13(15,10-14)12-8-6-5-7-9-12/h5-9H,3-4,11,15H2,1-2H3. The smallest absolute Gasteiger partial charge is 0.142 e. The van der Waals surface area contributed by atoms with Crippen LogP contribution in [0.25, 0.3) is 0 Å². The molecule has 0 radical (unpaired) electrons. The molecular weight excluding hydrogens is 198 g/mol. The van der Waals surface area contributed by atoms with Crippen molar-refractivity contribution in [2.24, 2.45) is 5.73 Å². The number of rotatable bonds is 5. The van der Waals surface area contributed by atoms with Crippen LogP contribution in [0.4, 0.5) is 0 Å². The summed E-state index contributed by atoms with van der Waals surface area (Å²) >= 11 is 0. The van der Waals surface area contributed by atoms with Crippen LogP contribution in [0, 0.1) is 11.3 Å². The Bertz CT molecular complexity index is 351. The zero-order chi connectivity index (χ0) is 12.0. The summed E-state index contributed by atoms with van der Waals surface area (Å²) in [6.07, 6.45) is 0. The van der Waals surface area contributed by atoms with Crippen LogP contribution in [0.5, 0.6) is 0 Å². The SMILES string of the molecule is CCN(CC)CC(N)(C#N)c1ccccc1. The highest BCUT2D eigenvalue weighted by molar-refractivity contribution is 5.31. The summed E-state index contributed by atoms with van der Waals surface area (Å²) < 4.78 is 0. The minimum absolute atomic E-state index is 0.570. The van der Waals surface area contributed by atoms with Gasteiger partial charge in [0.05, 0.1) is 6.07 Å².